The van der Waals surface area contributed by atoms with Crippen LogP contribution in [-0.4, -0.2) is 70.4 Å². The number of esters is 1. The van der Waals surface area contributed by atoms with Crippen molar-refractivity contribution in [1.82, 2.24) is 4.31 Å². The number of benzene rings is 1. The van der Waals surface area contributed by atoms with Gasteiger partial charge in [-0.1, -0.05) is 6.42 Å². The van der Waals surface area contributed by atoms with Crippen molar-refractivity contribution in [3.63, 3.8) is 0 Å². The van der Waals surface area contributed by atoms with Gasteiger partial charge in [0.2, 0.25) is 10.0 Å². The highest BCUT2D eigenvalue weighted by atomic mass is 32.2. The van der Waals surface area contributed by atoms with Gasteiger partial charge in [-0.3, -0.25) is 14.4 Å². The van der Waals surface area contributed by atoms with E-state index in [0.717, 1.165) is 19.3 Å². The van der Waals surface area contributed by atoms with Crippen molar-refractivity contribution >= 4 is 33.4 Å². The number of hydrogen-bond acceptors (Lipinski definition) is 8. The minimum atomic E-state index is -3.85. The second-order valence-electron chi connectivity index (χ2n) is 8.93. The van der Waals surface area contributed by atoms with Crippen molar-refractivity contribution in [2.75, 3.05) is 45.3 Å². The zero-order chi connectivity index (χ0) is 24.3. The topological polar surface area (TPSA) is 128 Å². The highest BCUT2D eigenvalue weighted by Crippen LogP contribution is 2.40. The summed E-state index contributed by atoms with van der Waals surface area (Å²) in [6, 6.07) is 4.31. The van der Waals surface area contributed by atoms with Crippen molar-refractivity contribution in [2.24, 2.45) is 17.8 Å². The third-order valence-electron chi connectivity index (χ3n) is 6.76. The lowest BCUT2D eigenvalue weighted by Gasteiger charge is -2.36. The standard InChI is InChI=1S/C23H30N2O8S/c1-31-19-6-5-18(13-20(19)34(29,30)25-7-9-32-10-8-25)24-21(26)14-33-23(28)17-11-15-3-2-4-16(12-17)22(15)27/h5-6,13,15-17H,2-4,7-12,14H2,1H3,(H,24,26). The smallest absolute Gasteiger partial charge is 0.309 e. The van der Waals surface area contributed by atoms with E-state index < -0.39 is 28.5 Å². The van der Waals surface area contributed by atoms with Gasteiger partial charge in [0.05, 0.1) is 26.2 Å². The predicted molar refractivity (Wildman–Crippen MR) is 121 cm³/mol. The van der Waals surface area contributed by atoms with Crippen LogP contribution in [0.3, 0.4) is 0 Å². The molecule has 1 N–H and O–H groups in total. The van der Waals surface area contributed by atoms with Crippen LogP contribution in [-0.2, 0) is 33.9 Å². The molecule has 2 saturated carbocycles. The number of nitrogens with one attached hydrogen (secondary N) is 1. The Bertz CT molecular complexity index is 1040. The van der Waals surface area contributed by atoms with E-state index in [0.29, 0.717) is 26.1 Å². The summed E-state index contributed by atoms with van der Waals surface area (Å²) in [5.41, 5.74) is 0.242. The molecule has 2 atom stereocenters. The quantitative estimate of drug-likeness (QED) is 0.566. The number of anilines is 1. The zero-order valence-corrected chi connectivity index (χ0v) is 20.0. The van der Waals surface area contributed by atoms with Crippen LogP contribution in [0.2, 0.25) is 0 Å². The van der Waals surface area contributed by atoms with Crippen LogP contribution in [0.5, 0.6) is 5.75 Å². The van der Waals surface area contributed by atoms with Crippen LogP contribution in [0, 0.1) is 17.8 Å². The Balaban J connectivity index is 1.37. The van der Waals surface area contributed by atoms with Gasteiger partial charge >= 0.3 is 5.97 Å². The molecule has 1 saturated heterocycles. The number of sulfonamides is 1. The van der Waals surface area contributed by atoms with Crippen LogP contribution in [0.4, 0.5) is 5.69 Å². The second kappa shape index (κ2) is 10.4. The number of ketones is 1. The van der Waals surface area contributed by atoms with Crippen LogP contribution >= 0.6 is 0 Å². The third kappa shape index (κ3) is 5.26. The molecule has 0 radical (unpaired) electrons. The van der Waals surface area contributed by atoms with Gasteiger partial charge in [0, 0.05) is 30.6 Å². The third-order valence-corrected chi connectivity index (χ3v) is 8.68. The van der Waals surface area contributed by atoms with Crippen molar-refractivity contribution < 1.29 is 37.0 Å². The van der Waals surface area contributed by atoms with Crippen molar-refractivity contribution in [3.05, 3.63) is 18.2 Å². The number of carbonyl (C=O) groups excluding carboxylic acids is 3. The van der Waals surface area contributed by atoms with Gasteiger partial charge in [-0.15, -0.1) is 0 Å². The van der Waals surface area contributed by atoms with Gasteiger partial charge in [-0.05, 0) is 43.9 Å². The monoisotopic (exact) mass is 494 g/mol. The Labute approximate surface area is 199 Å². The SMILES string of the molecule is COc1ccc(NC(=O)COC(=O)C2CC3CCCC(C2)C3=O)cc1S(=O)(=O)N1CCOCC1. The second-order valence-corrected chi connectivity index (χ2v) is 10.8. The molecule has 3 aliphatic rings. The number of Topliss-reactive ketones (excluding diaryl/α,β-unsaturated/α-hetero) is 1. The van der Waals surface area contributed by atoms with E-state index in [-0.39, 0.29) is 53.0 Å². The minimum Gasteiger partial charge on any atom is -0.495 e. The molecule has 10 nitrogen and oxygen atoms in total. The van der Waals surface area contributed by atoms with E-state index in [9.17, 15) is 22.8 Å². The number of nitrogens with zero attached hydrogens (tertiary/aromatic N) is 1. The van der Waals surface area contributed by atoms with E-state index in [1.54, 1.807) is 0 Å². The summed E-state index contributed by atoms with van der Waals surface area (Å²) in [4.78, 5) is 37.1. The fraction of sp³-hybridized carbons (Fsp3) is 0.609. The predicted octanol–water partition coefficient (Wildman–Crippen LogP) is 1.59. The number of rotatable bonds is 7. The van der Waals surface area contributed by atoms with E-state index in [2.05, 4.69) is 5.32 Å². The first-order valence-corrected chi connectivity index (χ1v) is 13.0. The molecule has 0 spiro atoms. The molecule has 1 aromatic rings. The highest BCUT2D eigenvalue weighted by Gasteiger charge is 2.42. The number of amides is 1. The number of methoxy groups -OCH3 is 1. The van der Waals surface area contributed by atoms with E-state index >= 15 is 0 Å². The molecule has 0 aromatic heterocycles. The van der Waals surface area contributed by atoms with E-state index in [1.165, 1.54) is 29.6 Å². The minimum absolute atomic E-state index is 0.0647. The Kier molecular flexibility index (Phi) is 7.54. The molecule has 34 heavy (non-hydrogen) atoms. The number of hydrogen-bond donors (Lipinski definition) is 1. The zero-order valence-electron chi connectivity index (χ0n) is 19.2. The van der Waals surface area contributed by atoms with Crippen LogP contribution in [0.25, 0.3) is 0 Å². The molecule has 1 aliphatic heterocycles. The first-order chi connectivity index (χ1) is 16.3. The maximum absolute atomic E-state index is 13.1. The number of carbonyl (C=O) groups is 3. The fourth-order valence-electron chi connectivity index (χ4n) is 5.01. The summed E-state index contributed by atoms with van der Waals surface area (Å²) in [6.45, 7) is 0.579. The Morgan fingerprint density at radius 2 is 1.82 bits per heavy atom. The van der Waals surface area contributed by atoms with Gasteiger partial charge in [0.1, 0.15) is 16.4 Å². The van der Waals surface area contributed by atoms with E-state index in [1.807, 2.05) is 0 Å². The molecule has 11 heteroatoms. The average Bonchev–Trinajstić information content (AvgIpc) is 2.83. The summed E-state index contributed by atoms with van der Waals surface area (Å²) < 4.78 is 43.2. The Morgan fingerprint density at radius 1 is 1.15 bits per heavy atom. The Hall–Kier alpha value is -2.50. The van der Waals surface area contributed by atoms with Gasteiger partial charge in [0.15, 0.2) is 6.61 Å². The first kappa shape index (κ1) is 24.6. The summed E-state index contributed by atoms with van der Waals surface area (Å²) in [6.07, 6.45) is 3.60. The number of ether oxygens (including phenoxy) is 3. The average molecular weight is 495 g/mol. The first-order valence-electron chi connectivity index (χ1n) is 11.6. The molecule has 2 aliphatic carbocycles. The number of morpholine rings is 1. The molecular formula is C23H30N2O8S. The lowest BCUT2D eigenvalue weighted by atomic mass is 9.67. The van der Waals surface area contributed by atoms with Crippen molar-refractivity contribution in [2.45, 2.75) is 37.0 Å². The van der Waals surface area contributed by atoms with Gasteiger partial charge in [-0.2, -0.15) is 4.31 Å². The van der Waals surface area contributed by atoms with Crippen molar-refractivity contribution in [3.8, 4) is 5.75 Å². The molecule has 3 fully saturated rings. The summed E-state index contributed by atoms with van der Waals surface area (Å²) in [5.74, 6) is -1.16. The maximum atomic E-state index is 13.1. The molecular weight excluding hydrogens is 464 g/mol. The van der Waals surface area contributed by atoms with Gasteiger partial charge in [-0.25, -0.2) is 8.42 Å². The van der Waals surface area contributed by atoms with Crippen LogP contribution < -0.4 is 10.1 Å². The van der Waals surface area contributed by atoms with Crippen molar-refractivity contribution in [1.29, 1.82) is 0 Å². The maximum Gasteiger partial charge on any atom is 0.309 e. The Morgan fingerprint density at radius 3 is 2.47 bits per heavy atom. The van der Waals surface area contributed by atoms with Crippen LogP contribution in [0.1, 0.15) is 32.1 Å². The lowest BCUT2D eigenvalue weighted by molar-refractivity contribution is -0.155. The molecule has 1 heterocycles. The van der Waals surface area contributed by atoms with E-state index in [4.69, 9.17) is 14.2 Å². The highest BCUT2D eigenvalue weighted by molar-refractivity contribution is 7.89. The van der Waals surface area contributed by atoms with Crippen LogP contribution in [0.15, 0.2) is 23.1 Å². The molecule has 4 rings (SSSR count). The largest absolute Gasteiger partial charge is 0.495 e. The molecule has 1 aromatic carbocycles. The van der Waals surface area contributed by atoms with Gasteiger partial charge < -0.3 is 19.5 Å². The molecule has 186 valence electrons. The number of fused-ring (bicyclic) bond motifs is 2. The molecule has 2 unspecified atom stereocenters. The normalized spacial score (nSPS) is 25.4. The fourth-order valence-corrected chi connectivity index (χ4v) is 6.60. The summed E-state index contributed by atoms with van der Waals surface area (Å²) >= 11 is 0. The summed E-state index contributed by atoms with van der Waals surface area (Å²) in [5, 5.41) is 2.58. The lowest BCUT2D eigenvalue weighted by Crippen LogP contribution is -2.40. The molecule has 2 bridgehead atoms. The summed E-state index contributed by atoms with van der Waals surface area (Å²) in [7, 11) is -2.48. The molecule has 1 amide bonds. The van der Waals surface area contributed by atoms with Gasteiger partial charge in [0.25, 0.3) is 5.91 Å².